The monoisotopic (exact) mass is 183 g/mol. The minimum Gasteiger partial charge on any atom is -0.469 e. The minimum absolute atomic E-state index is 0.688. The van der Waals surface area contributed by atoms with Crippen LogP contribution in [0.3, 0.4) is 0 Å². The van der Waals surface area contributed by atoms with Crippen molar-refractivity contribution in [3.8, 4) is 6.07 Å². The molecule has 2 nitrogen and oxygen atoms in total. The predicted molar refractivity (Wildman–Crippen MR) is 52.7 cm³/mol. The number of hydrogen-bond acceptors (Lipinski definition) is 2. The van der Waals surface area contributed by atoms with Crippen molar-refractivity contribution in [1.29, 1.82) is 5.26 Å². The van der Waals surface area contributed by atoms with Crippen molar-refractivity contribution in [2.75, 3.05) is 0 Å². The smallest absolute Gasteiger partial charge is 0.108 e. The fourth-order valence-electron chi connectivity index (χ4n) is 1.31. The molecular weight excluding hydrogens is 174 g/mol. The summed E-state index contributed by atoms with van der Waals surface area (Å²) in [4.78, 5) is 0. The van der Waals surface area contributed by atoms with E-state index in [0.29, 0.717) is 5.56 Å². The molecule has 1 aromatic heterocycles. The van der Waals surface area contributed by atoms with Gasteiger partial charge >= 0.3 is 0 Å². The molecule has 0 saturated carbocycles. The summed E-state index contributed by atoms with van der Waals surface area (Å²) in [6, 6.07) is 13.4. The first-order valence-electron chi connectivity index (χ1n) is 4.40. The second kappa shape index (κ2) is 3.80. The van der Waals surface area contributed by atoms with Gasteiger partial charge in [0.05, 0.1) is 17.9 Å². The van der Waals surface area contributed by atoms with E-state index in [0.717, 1.165) is 17.7 Å². The normalized spacial score (nSPS) is 9.64. The van der Waals surface area contributed by atoms with Crippen LogP contribution in [-0.2, 0) is 6.42 Å². The van der Waals surface area contributed by atoms with Crippen LogP contribution < -0.4 is 0 Å². The van der Waals surface area contributed by atoms with E-state index in [1.165, 1.54) is 0 Å². The summed E-state index contributed by atoms with van der Waals surface area (Å²) in [5, 5.41) is 8.62. The first-order valence-corrected chi connectivity index (χ1v) is 4.40. The van der Waals surface area contributed by atoms with Crippen LogP contribution in [0.4, 0.5) is 0 Å². The maximum absolute atomic E-state index is 8.62. The van der Waals surface area contributed by atoms with Gasteiger partial charge in [-0.25, -0.2) is 0 Å². The first-order chi connectivity index (χ1) is 6.88. The van der Waals surface area contributed by atoms with Crippen molar-refractivity contribution in [3.63, 3.8) is 0 Å². The third kappa shape index (κ3) is 1.83. The molecule has 0 saturated heterocycles. The summed E-state index contributed by atoms with van der Waals surface area (Å²) in [7, 11) is 0. The Bertz CT molecular complexity index is 434. The zero-order valence-electron chi connectivity index (χ0n) is 7.60. The molecule has 0 bridgehead atoms. The third-order valence-electron chi connectivity index (χ3n) is 2.04. The molecule has 2 heteroatoms. The number of nitrogens with zero attached hydrogens (tertiary/aromatic N) is 1. The van der Waals surface area contributed by atoms with E-state index in [9.17, 15) is 0 Å². The van der Waals surface area contributed by atoms with Crippen molar-refractivity contribution < 1.29 is 4.42 Å². The summed E-state index contributed by atoms with van der Waals surface area (Å²) in [6.07, 6.45) is 2.44. The maximum Gasteiger partial charge on any atom is 0.108 e. The molecule has 0 aliphatic carbocycles. The largest absolute Gasteiger partial charge is 0.469 e. The van der Waals surface area contributed by atoms with Gasteiger partial charge in [0.25, 0.3) is 0 Å². The zero-order chi connectivity index (χ0) is 9.80. The maximum atomic E-state index is 8.62. The van der Waals surface area contributed by atoms with Gasteiger partial charge < -0.3 is 4.42 Å². The Morgan fingerprint density at radius 1 is 1.14 bits per heavy atom. The highest BCUT2D eigenvalue weighted by Gasteiger charge is 1.98. The van der Waals surface area contributed by atoms with E-state index in [2.05, 4.69) is 6.07 Å². The van der Waals surface area contributed by atoms with Crippen LogP contribution in [-0.4, -0.2) is 0 Å². The lowest BCUT2D eigenvalue weighted by Crippen LogP contribution is -1.85. The van der Waals surface area contributed by atoms with Gasteiger partial charge in [0, 0.05) is 6.42 Å². The lowest BCUT2D eigenvalue weighted by Gasteiger charge is -1.97. The van der Waals surface area contributed by atoms with Crippen molar-refractivity contribution in [2.45, 2.75) is 6.42 Å². The summed E-state index contributed by atoms with van der Waals surface area (Å²) in [6.45, 7) is 0. The molecule has 68 valence electrons. The van der Waals surface area contributed by atoms with E-state index in [4.69, 9.17) is 9.68 Å². The molecular formula is C12H9NO. The number of nitriles is 1. The number of benzene rings is 1. The lowest BCUT2D eigenvalue weighted by molar-refractivity contribution is 0.521. The SMILES string of the molecule is N#Cc1ccc(Cc2ccco2)cc1. The van der Waals surface area contributed by atoms with Crippen molar-refractivity contribution in [2.24, 2.45) is 0 Å². The molecule has 0 spiro atoms. The molecule has 2 rings (SSSR count). The van der Waals surface area contributed by atoms with Gasteiger partial charge in [-0.05, 0) is 29.8 Å². The minimum atomic E-state index is 0.688. The van der Waals surface area contributed by atoms with Crippen LogP contribution in [0.2, 0.25) is 0 Å². The molecule has 0 aliphatic heterocycles. The Hall–Kier alpha value is -2.01. The van der Waals surface area contributed by atoms with Gasteiger partial charge in [-0.2, -0.15) is 5.26 Å². The molecule has 0 N–H and O–H groups in total. The topological polar surface area (TPSA) is 36.9 Å². The van der Waals surface area contributed by atoms with Gasteiger partial charge in [0.15, 0.2) is 0 Å². The van der Waals surface area contributed by atoms with Crippen LogP contribution in [0.15, 0.2) is 47.1 Å². The van der Waals surface area contributed by atoms with Gasteiger partial charge in [0.1, 0.15) is 5.76 Å². The van der Waals surface area contributed by atoms with Gasteiger partial charge in [-0.3, -0.25) is 0 Å². The van der Waals surface area contributed by atoms with Gasteiger partial charge in [0.2, 0.25) is 0 Å². The van der Waals surface area contributed by atoms with Crippen LogP contribution in [0.25, 0.3) is 0 Å². The molecule has 0 radical (unpaired) electrons. The Balaban J connectivity index is 2.15. The molecule has 1 heterocycles. The second-order valence-electron chi connectivity index (χ2n) is 3.06. The molecule has 14 heavy (non-hydrogen) atoms. The highest BCUT2D eigenvalue weighted by Crippen LogP contribution is 2.10. The van der Waals surface area contributed by atoms with Crippen LogP contribution in [0.5, 0.6) is 0 Å². The fraction of sp³-hybridized carbons (Fsp3) is 0.0833. The second-order valence-corrected chi connectivity index (χ2v) is 3.06. The molecule has 0 aliphatic rings. The predicted octanol–water partition coefficient (Wildman–Crippen LogP) is 2.74. The van der Waals surface area contributed by atoms with E-state index in [1.807, 2.05) is 36.4 Å². The summed E-state index contributed by atoms with van der Waals surface area (Å²) >= 11 is 0. The highest BCUT2D eigenvalue weighted by molar-refractivity contribution is 5.32. The fourth-order valence-corrected chi connectivity index (χ4v) is 1.31. The zero-order valence-corrected chi connectivity index (χ0v) is 7.60. The van der Waals surface area contributed by atoms with E-state index in [-0.39, 0.29) is 0 Å². The summed E-state index contributed by atoms with van der Waals surface area (Å²) in [5.41, 5.74) is 1.84. The Kier molecular flexibility index (Phi) is 2.33. The van der Waals surface area contributed by atoms with E-state index in [1.54, 1.807) is 6.26 Å². The van der Waals surface area contributed by atoms with Gasteiger partial charge in [-0.1, -0.05) is 12.1 Å². The highest BCUT2D eigenvalue weighted by atomic mass is 16.3. The van der Waals surface area contributed by atoms with E-state index < -0.39 is 0 Å². The Morgan fingerprint density at radius 2 is 1.93 bits per heavy atom. The summed E-state index contributed by atoms with van der Waals surface area (Å²) < 4.78 is 5.23. The number of hydrogen-bond donors (Lipinski definition) is 0. The molecule has 0 amide bonds. The third-order valence-corrected chi connectivity index (χ3v) is 2.04. The average molecular weight is 183 g/mol. The Labute approximate surface area is 82.4 Å². The standard InChI is InChI=1S/C12H9NO/c13-9-11-5-3-10(4-6-11)8-12-2-1-7-14-12/h1-7H,8H2. The van der Waals surface area contributed by atoms with Crippen molar-refractivity contribution in [3.05, 3.63) is 59.5 Å². The molecule has 1 aromatic carbocycles. The lowest BCUT2D eigenvalue weighted by atomic mass is 10.1. The Morgan fingerprint density at radius 3 is 2.50 bits per heavy atom. The summed E-state index contributed by atoms with van der Waals surface area (Å²) in [5.74, 6) is 0.940. The number of furan rings is 1. The van der Waals surface area contributed by atoms with Crippen molar-refractivity contribution >= 4 is 0 Å². The molecule has 2 aromatic rings. The number of rotatable bonds is 2. The molecule has 0 fully saturated rings. The quantitative estimate of drug-likeness (QED) is 0.717. The van der Waals surface area contributed by atoms with E-state index >= 15 is 0 Å². The molecule has 0 atom stereocenters. The molecule has 0 unspecified atom stereocenters. The van der Waals surface area contributed by atoms with Crippen molar-refractivity contribution in [1.82, 2.24) is 0 Å². The first kappa shape index (κ1) is 8.58. The van der Waals surface area contributed by atoms with Crippen LogP contribution in [0, 0.1) is 11.3 Å². The van der Waals surface area contributed by atoms with Gasteiger partial charge in [-0.15, -0.1) is 0 Å². The van der Waals surface area contributed by atoms with Crippen LogP contribution >= 0.6 is 0 Å². The van der Waals surface area contributed by atoms with Crippen LogP contribution in [0.1, 0.15) is 16.9 Å². The average Bonchev–Trinajstić information content (AvgIpc) is 2.72.